The smallest absolute Gasteiger partial charge is 0.122 e. The van der Waals surface area contributed by atoms with Crippen molar-refractivity contribution in [1.29, 1.82) is 0 Å². The van der Waals surface area contributed by atoms with Crippen molar-refractivity contribution in [2.75, 3.05) is 19.6 Å². The molecule has 3 nitrogen and oxygen atoms in total. The Kier molecular flexibility index (Phi) is 6.55. The van der Waals surface area contributed by atoms with Gasteiger partial charge in [-0.3, -0.25) is 0 Å². The zero-order chi connectivity index (χ0) is 20.1. The lowest BCUT2D eigenvalue weighted by Crippen LogP contribution is -2.20. The second kappa shape index (κ2) is 9.49. The number of likely N-dealkylation sites (tertiary alicyclic amines) is 1. The van der Waals surface area contributed by atoms with Crippen LogP contribution in [0.25, 0.3) is 16.3 Å². The summed E-state index contributed by atoms with van der Waals surface area (Å²) < 4.78 is 11.0. The van der Waals surface area contributed by atoms with Crippen LogP contribution in [0.3, 0.4) is 0 Å². The number of nitrogens with two attached hydrogens (primary N) is 1. The maximum Gasteiger partial charge on any atom is 0.122 e. The van der Waals surface area contributed by atoms with Crippen LogP contribution in [0.4, 0.5) is 0 Å². The predicted octanol–water partition coefficient (Wildman–Crippen LogP) is 4.93. The van der Waals surface area contributed by atoms with Gasteiger partial charge in [0.1, 0.15) is 11.0 Å². The van der Waals surface area contributed by atoms with Gasteiger partial charge in [-0.25, -0.2) is 9.35 Å². The molecule has 29 heavy (non-hydrogen) atoms. The predicted molar refractivity (Wildman–Crippen MR) is 123 cm³/mol. The van der Waals surface area contributed by atoms with Crippen molar-refractivity contribution >= 4 is 27.3 Å². The van der Waals surface area contributed by atoms with Gasteiger partial charge in [0, 0.05) is 6.54 Å². The highest BCUT2D eigenvalue weighted by molar-refractivity contribution is 7.82. The van der Waals surface area contributed by atoms with E-state index >= 15 is 0 Å². The van der Waals surface area contributed by atoms with E-state index in [1.165, 1.54) is 50.0 Å². The second-order valence-corrected chi connectivity index (χ2v) is 8.76. The molecule has 2 N–H and O–H groups in total. The molecule has 1 heterocycles. The lowest BCUT2D eigenvalue weighted by atomic mass is 10.0. The van der Waals surface area contributed by atoms with Gasteiger partial charge in [0.15, 0.2) is 0 Å². The fraction of sp³-hybridized carbons (Fsp3) is 0.280. The third-order valence-corrected chi connectivity index (χ3v) is 6.50. The lowest BCUT2D eigenvalue weighted by molar-refractivity contribution is 0.348. The number of hydrogen-bond donors (Lipinski definition) is 1. The van der Waals surface area contributed by atoms with Crippen molar-refractivity contribution in [3.63, 3.8) is 0 Å². The van der Waals surface area contributed by atoms with Gasteiger partial charge in [0.05, 0.1) is 4.90 Å². The molecule has 3 aromatic carbocycles. The zero-order valence-corrected chi connectivity index (χ0v) is 17.5. The lowest BCUT2D eigenvalue weighted by Gasteiger charge is -2.15. The van der Waals surface area contributed by atoms with E-state index < -0.39 is 11.0 Å². The number of fused-ring (bicyclic) bond motifs is 2. The van der Waals surface area contributed by atoms with Gasteiger partial charge >= 0.3 is 0 Å². The van der Waals surface area contributed by atoms with Crippen molar-refractivity contribution in [3.8, 4) is 0 Å². The average Bonchev–Trinajstić information content (AvgIpc) is 3.42. The maximum atomic E-state index is 11.0. The third-order valence-electron chi connectivity index (χ3n) is 5.78. The van der Waals surface area contributed by atoms with E-state index in [0.717, 1.165) is 17.2 Å². The summed E-state index contributed by atoms with van der Waals surface area (Å²) in [6.07, 6.45) is 7.59. The van der Waals surface area contributed by atoms with E-state index in [-0.39, 0.29) is 0 Å². The molecule has 0 radical (unpaired) electrons. The molecule has 1 unspecified atom stereocenters. The highest BCUT2D eigenvalue weighted by Gasteiger charge is 2.16. The van der Waals surface area contributed by atoms with Gasteiger partial charge in [-0.2, -0.15) is 0 Å². The molecular weight excluding hydrogens is 376 g/mol. The Morgan fingerprint density at radius 3 is 2.41 bits per heavy atom. The van der Waals surface area contributed by atoms with Crippen LogP contribution in [-0.2, 0) is 17.4 Å². The number of nitrogens with zero attached hydrogens (tertiary/aromatic N) is 1. The summed E-state index contributed by atoms with van der Waals surface area (Å²) >= 11 is 0. The number of hydrogen-bond acceptors (Lipinski definition) is 2. The minimum Gasteiger partial charge on any atom is -0.303 e. The molecule has 1 atom stereocenters. The van der Waals surface area contributed by atoms with Gasteiger partial charge in [-0.1, -0.05) is 60.7 Å². The molecule has 150 valence electrons. The van der Waals surface area contributed by atoms with Crippen molar-refractivity contribution in [1.82, 2.24) is 4.90 Å². The highest BCUT2D eigenvalue weighted by Crippen LogP contribution is 2.29. The summed E-state index contributed by atoms with van der Waals surface area (Å²) in [4.78, 5) is 3.26. The van der Waals surface area contributed by atoms with E-state index in [1.54, 1.807) is 11.6 Å². The maximum absolute atomic E-state index is 11.0. The van der Waals surface area contributed by atoms with Crippen molar-refractivity contribution in [2.45, 2.75) is 30.6 Å². The minimum atomic E-state index is -1.38. The van der Waals surface area contributed by atoms with Gasteiger partial charge in [-0.05, 0) is 78.4 Å². The molecule has 0 bridgehead atoms. The summed E-state index contributed by atoms with van der Waals surface area (Å²) in [5.74, 6) is 0. The topological polar surface area (TPSA) is 46.3 Å². The quantitative estimate of drug-likeness (QED) is 0.670. The van der Waals surface area contributed by atoms with Crippen molar-refractivity contribution < 1.29 is 4.21 Å². The first-order valence-electron chi connectivity index (χ1n) is 10.4. The molecule has 1 aliphatic carbocycles. The SMILES string of the molecule is C1=C(CCN2CCCC2)c2ccccc2C1.NS(=O)c1ccc2ccccc2c1. The van der Waals surface area contributed by atoms with Gasteiger partial charge in [-0.15, -0.1) is 0 Å². The minimum absolute atomic E-state index is 0.665. The van der Waals surface area contributed by atoms with Crippen LogP contribution in [0, 0.1) is 0 Å². The number of allylic oxidation sites excluding steroid dienone is 1. The molecular formula is C25H28N2OS. The average molecular weight is 405 g/mol. The van der Waals surface area contributed by atoms with E-state index in [2.05, 4.69) is 35.2 Å². The first-order valence-corrected chi connectivity index (χ1v) is 11.6. The van der Waals surface area contributed by atoms with Crippen LogP contribution in [0.2, 0.25) is 0 Å². The Balaban J connectivity index is 0.000000145. The molecule has 0 amide bonds. The molecule has 0 aromatic heterocycles. The van der Waals surface area contributed by atoms with Gasteiger partial charge in [0.25, 0.3) is 0 Å². The first kappa shape index (κ1) is 20.0. The number of rotatable bonds is 4. The van der Waals surface area contributed by atoms with Crippen LogP contribution in [0.15, 0.2) is 77.7 Å². The normalized spacial score (nSPS) is 16.8. The van der Waals surface area contributed by atoms with Crippen molar-refractivity contribution in [3.05, 3.63) is 83.9 Å². The molecule has 1 aliphatic heterocycles. The summed E-state index contributed by atoms with van der Waals surface area (Å²) in [7, 11) is -1.38. The largest absolute Gasteiger partial charge is 0.303 e. The molecule has 1 fully saturated rings. The molecule has 0 spiro atoms. The number of benzene rings is 3. The molecule has 1 saturated heterocycles. The summed E-state index contributed by atoms with van der Waals surface area (Å²) in [6, 6.07) is 22.3. The van der Waals surface area contributed by atoms with Gasteiger partial charge in [0.2, 0.25) is 0 Å². The molecule has 4 heteroatoms. The van der Waals surface area contributed by atoms with Crippen LogP contribution in [0.5, 0.6) is 0 Å². The molecule has 2 aliphatic rings. The van der Waals surface area contributed by atoms with E-state index in [1.807, 2.05) is 36.4 Å². The van der Waals surface area contributed by atoms with Crippen LogP contribution < -0.4 is 5.14 Å². The molecule has 0 saturated carbocycles. The second-order valence-electron chi connectivity index (χ2n) is 7.70. The first-order chi connectivity index (χ1) is 14.2. The van der Waals surface area contributed by atoms with Crippen LogP contribution in [-0.4, -0.2) is 28.7 Å². The van der Waals surface area contributed by atoms with Crippen LogP contribution >= 0.6 is 0 Å². The van der Waals surface area contributed by atoms with Crippen molar-refractivity contribution in [2.24, 2.45) is 5.14 Å². The van der Waals surface area contributed by atoms with E-state index in [0.29, 0.717) is 4.90 Å². The fourth-order valence-electron chi connectivity index (χ4n) is 4.17. The Labute approximate surface area is 175 Å². The zero-order valence-electron chi connectivity index (χ0n) is 16.7. The summed E-state index contributed by atoms with van der Waals surface area (Å²) in [5, 5.41) is 7.48. The Bertz CT molecular complexity index is 1040. The highest BCUT2D eigenvalue weighted by atomic mass is 32.2. The van der Waals surface area contributed by atoms with Crippen LogP contribution in [0.1, 0.15) is 30.4 Å². The fourth-order valence-corrected chi connectivity index (χ4v) is 4.61. The van der Waals surface area contributed by atoms with E-state index in [9.17, 15) is 4.21 Å². The van der Waals surface area contributed by atoms with E-state index in [4.69, 9.17) is 5.14 Å². The molecule has 5 rings (SSSR count). The van der Waals surface area contributed by atoms with Gasteiger partial charge < -0.3 is 4.90 Å². The Morgan fingerprint density at radius 2 is 1.62 bits per heavy atom. The Hall–Kier alpha value is -2.27. The monoisotopic (exact) mass is 404 g/mol. The summed E-state index contributed by atoms with van der Waals surface area (Å²) in [5.41, 5.74) is 4.59. The Morgan fingerprint density at radius 1 is 0.897 bits per heavy atom. The molecule has 3 aromatic rings. The third kappa shape index (κ3) is 5.02. The standard InChI is InChI=1S/C15H19N.C10H9NOS/c1-2-6-15-13(5-1)7-8-14(15)9-12-16-10-3-4-11-16;11-13(12)10-6-5-8-3-1-2-4-9(8)7-10/h1-2,5-6,8H,3-4,7,9-12H2;1-7H,11H2. The summed E-state index contributed by atoms with van der Waals surface area (Å²) in [6.45, 7) is 3.88.